The second kappa shape index (κ2) is 7.41. The molecule has 0 bridgehead atoms. The van der Waals surface area contributed by atoms with E-state index in [-0.39, 0.29) is 10.5 Å². The van der Waals surface area contributed by atoms with Crippen LogP contribution in [0, 0.1) is 12.8 Å². The average Bonchev–Trinajstić information content (AvgIpc) is 3.02. The molecule has 1 atom stereocenters. The molecule has 9 heteroatoms. The highest BCUT2D eigenvalue weighted by atomic mass is 32.2. The zero-order valence-electron chi connectivity index (χ0n) is 15.0. The second-order valence-electron chi connectivity index (χ2n) is 6.84. The number of aryl methyl sites for hydroxylation is 2. The molecule has 0 saturated heterocycles. The number of primary sulfonamides is 1. The Bertz CT molecular complexity index is 1010. The molecule has 2 aromatic rings. The number of sulfonamides is 1. The van der Waals surface area contributed by atoms with Gasteiger partial charge in [0.25, 0.3) is 11.8 Å². The molecule has 1 aliphatic rings. The summed E-state index contributed by atoms with van der Waals surface area (Å²) in [7, 11) is -3.94. The van der Waals surface area contributed by atoms with Crippen LogP contribution in [0.5, 0.6) is 0 Å². The quantitative estimate of drug-likeness (QED) is 0.673. The summed E-state index contributed by atoms with van der Waals surface area (Å²) in [5.74, 6) is -0.408. The highest BCUT2D eigenvalue weighted by Crippen LogP contribution is 2.32. The molecule has 0 spiro atoms. The molecule has 7 nitrogen and oxygen atoms in total. The van der Waals surface area contributed by atoms with Crippen LogP contribution in [-0.4, -0.2) is 20.2 Å². The van der Waals surface area contributed by atoms with Gasteiger partial charge in [-0.2, -0.15) is 0 Å². The number of benzene rings is 1. The van der Waals surface area contributed by atoms with Gasteiger partial charge in [0, 0.05) is 10.4 Å². The molecule has 1 aromatic carbocycles. The van der Waals surface area contributed by atoms with E-state index < -0.39 is 21.8 Å². The zero-order chi connectivity index (χ0) is 19.8. The van der Waals surface area contributed by atoms with E-state index in [1.165, 1.54) is 40.0 Å². The molecule has 0 saturated carbocycles. The number of hydrazine groups is 1. The number of nitrogens with one attached hydrogen (secondary N) is 2. The van der Waals surface area contributed by atoms with Crippen LogP contribution in [0.2, 0.25) is 0 Å². The smallest absolute Gasteiger partial charge is 0.267 e. The van der Waals surface area contributed by atoms with Crippen molar-refractivity contribution in [2.75, 3.05) is 0 Å². The van der Waals surface area contributed by atoms with Gasteiger partial charge >= 0.3 is 0 Å². The predicted molar refractivity (Wildman–Crippen MR) is 103 cm³/mol. The molecule has 1 aliphatic carbocycles. The van der Waals surface area contributed by atoms with E-state index in [4.69, 9.17) is 5.14 Å². The minimum absolute atomic E-state index is 0.0872. The van der Waals surface area contributed by atoms with Crippen molar-refractivity contribution in [3.63, 3.8) is 0 Å². The molecule has 1 heterocycles. The highest BCUT2D eigenvalue weighted by Gasteiger charge is 2.21. The predicted octanol–water partition coefficient (Wildman–Crippen LogP) is 1.90. The summed E-state index contributed by atoms with van der Waals surface area (Å²) in [6, 6.07) is 6.03. The summed E-state index contributed by atoms with van der Waals surface area (Å²) in [5, 5.41) is 5.15. The molecule has 4 N–H and O–H groups in total. The minimum Gasteiger partial charge on any atom is -0.267 e. The molecule has 1 aromatic heterocycles. The fraction of sp³-hybridized carbons (Fsp3) is 0.333. The molecular formula is C18H21N3O4S2. The van der Waals surface area contributed by atoms with Gasteiger partial charge in [-0.3, -0.25) is 20.4 Å². The minimum atomic E-state index is -3.94. The van der Waals surface area contributed by atoms with E-state index in [0.29, 0.717) is 16.4 Å². The van der Waals surface area contributed by atoms with Crippen LogP contribution in [0.1, 0.15) is 49.4 Å². The first-order valence-electron chi connectivity index (χ1n) is 8.51. The molecule has 0 aliphatic heterocycles. The van der Waals surface area contributed by atoms with Crippen molar-refractivity contribution in [3.05, 3.63) is 50.7 Å². The van der Waals surface area contributed by atoms with E-state index in [0.717, 1.165) is 19.3 Å². The third kappa shape index (κ3) is 4.37. The van der Waals surface area contributed by atoms with Crippen LogP contribution in [0.25, 0.3) is 0 Å². The number of thiophene rings is 1. The Labute approximate surface area is 162 Å². The van der Waals surface area contributed by atoms with Crippen molar-refractivity contribution in [1.29, 1.82) is 0 Å². The summed E-state index contributed by atoms with van der Waals surface area (Å²) in [4.78, 5) is 26.2. The Kier molecular flexibility index (Phi) is 5.36. The third-order valence-electron chi connectivity index (χ3n) is 4.60. The fourth-order valence-electron chi connectivity index (χ4n) is 3.11. The Morgan fingerprint density at radius 3 is 2.59 bits per heavy atom. The maximum Gasteiger partial charge on any atom is 0.279 e. The average molecular weight is 408 g/mol. The van der Waals surface area contributed by atoms with Crippen LogP contribution in [0.4, 0.5) is 0 Å². The lowest BCUT2D eigenvalue weighted by atomic mass is 9.90. The number of nitrogens with two attached hydrogens (primary N) is 1. The van der Waals surface area contributed by atoms with Gasteiger partial charge in [-0.05, 0) is 61.4 Å². The van der Waals surface area contributed by atoms with E-state index in [1.54, 1.807) is 6.92 Å². The Morgan fingerprint density at radius 2 is 1.89 bits per heavy atom. The topological polar surface area (TPSA) is 118 Å². The number of hydrogen-bond donors (Lipinski definition) is 3. The van der Waals surface area contributed by atoms with Crippen molar-refractivity contribution in [1.82, 2.24) is 10.9 Å². The molecule has 0 radical (unpaired) electrons. The van der Waals surface area contributed by atoms with Gasteiger partial charge in [0.05, 0.1) is 9.77 Å². The van der Waals surface area contributed by atoms with Crippen LogP contribution in [-0.2, 0) is 22.9 Å². The maximum atomic E-state index is 12.3. The Balaban J connectivity index is 1.68. The normalized spacial score (nSPS) is 16.5. The summed E-state index contributed by atoms with van der Waals surface area (Å²) in [6.45, 7) is 3.78. The number of amides is 2. The Morgan fingerprint density at radius 1 is 1.19 bits per heavy atom. The maximum absolute atomic E-state index is 12.3. The summed E-state index contributed by atoms with van der Waals surface area (Å²) in [5.41, 5.74) is 6.43. The number of fused-ring (bicyclic) bond motifs is 1. The van der Waals surface area contributed by atoms with Crippen molar-refractivity contribution in [3.8, 4) is 0 Å². The first-order valence-corrected chi connectivity index (χ1v) is 10.9. The number of carbonyl (C=O) groups is 2. The van der Waals surface area contributed by atoms with Gasteiger partial charge in [0.15, 0.2) is 0 Å². The van der Waals surface area contributed by atoms with Gasteiger partial charge in [0.2, 0.25) is 10.0 Å². The lowest BCUT2D eigenvalue weighted by Gasteiger charge is -2.16. The van der Waals surface area contributed by atoms with Crippen LogP contribution in [0.15, 0.2) is 29.2 Å². The Hall–Kier alpha value is -2.23. The molecule has 144 valence electrons. The van der Waals surface area contributed by atoms with E-state index in [9.17, 15) is 18.0 Å². The first kappa shape index (κ1) is 19.5. The number of rotatable bonds is 3. The standard InChI is InChI=1S/C18H21N3O4S2/c1-10-3-6-14-13(7-10)8-15(26-14)18(23)21-20-17(22)12-5-4-11(2)16(9-12)27(19,24)25/h4-5,8-10H,3,6-7H2,1-2H3,(H,20,22)(H,21,23)(H2,19,24,25)/t10-/m0/s1. The molecule has 27 heavy (non-hydrogen) atoms. The van der Waals surface area contributed by atoms with Gasteiger partial charge in [-0.15, -0.1) is 11.3 Å². The van der Waals surface area contributed by atoms with Gasteiger partial charge in [-0.25, -0.2) is 13.6 Å². The van der Waals surface area contributed by atoms with Crippen molar-refractivity contribution in [2.45, 2.75) is 38.0 Å². The van der Waals surface area contributed by atoms with E-state index >= 15 is 0 Å². The summed E-state index contributed by atoms with van der Waals surface area (Å²) >= 11 is 1.44. The van der Waals surface area contributed by atoms with E-state index in [2.05, 4.69) is 17.8 Å². The summed E-state index contributed by atoms with van der Waals surface area (Å²) in [6.07, 6.45) is 3.05. The largest absolute Gasteiger partial charge is 0.279 e. The third-order valence-corrected chi connectivity index (χ3v) is 6.89. The second-order valence-corrected chi connectivity index (χ2v) is 9.51. The van der Waals surface area contributed by atoms with Gasteiger partial charge in [-0.1, -0.05) is 13.0 Å². The van der Waals surface area contributed by atoms with Gasteiger partial charge < -0.3 is 0 Å². The van der Waals surface area contributed by atoms with Crippen molar-refractivity contribution >= 4 is 33.2 Å². The van der Waals surface area contributed by atoms with Crippen LogP contribution in [0.3, 0.4) is 0 Å². The highest BCUT2D eigenvalue weighted by molar-refractivity contribution is 7.89. The lowest BCUT2D eigenvalue weighted by molar-refractivity contribution is 0.0848. The monoisotopic (exact) mass is 407 g/mol. The molecule has 2 amide bonds. The molecule has 3 rings (SSSR count). The first-order chi connectivity index (χ1) is 12.6. The van der Waals surface area contributed by atoms with Gasteiger partial charge in [0.1, 0.15) is 0 Å². The molecular weight excluding hydrogens is 386 g/mol. The zero-order valence-corrected chi connectivity index (χ0v) is 16.7. The molecule has 0 fully saturated rings. The molecule has 0 unspecified atom stereocenters. The lowest BCUT2D eigenvalue weighted by Crippen LogP contribution is -2.41. The van der Waals surface area contributed by atoms with Crippen molar-refractivity contribution < 1.29 is 18.0 Å². The van der Waals surface area contributed by atoms with Crippen LogP contribution < -0.4 is 16.0 Å². The number of hydrogen-bond acceptors (Lipinski definition) is 5. The SMILES string of the molecule is Cc1ccc(C(=O)NNC(=O)c2cc3c(s2)CC[C@H](C)C3)cc1S(N)(=O)=O. The summed E-state index contributed by atoms with van der Waals surface area (Å²) < 4.78 is 23.2. The van der Waals surface area contributed by atoms with Crippen molar-refractivity contribution in [2.24, 2.45) is 11.1 Å². The van der Waals surface area contributed by atoms with Crippen LogP contribution >= 0.6 is 11.3 Å². The van der Waals surface area contributed by atoms with E-state index in [1.807, 2.05) is 6.07 Å². The number of carbonyl (C=O) groups excluding carboxylic acids is 2. The fourth-order valence-corrected chi connectivity index (χ4v) is 5.02.